The van der Waals surface area contributed by atoms with Gasteiger partial charge in [0.25, 0.3) is 0 Å². The fraction of sp³-hybridized carbons (Fsp3) is 0.524. The van der Waals surface area contributed by atoms with Crippen LogP contribution in [0.3, 0.4) is 0 Å². The lowest BCUT2D eigenvalue weighted by molar-refractivity contribution is 0.0180. The van der Waals surface area contributed by atoms with E-state index in [2.05, 4.69) is 38.9 Å². The Bertz CT molecular complexity index is 797. The third-order valence-electron chi connectivity index (χ3n) is 4.83. The first kappa shape index (κ1) is 25.3. The van der Waals surface area contributed by atoms with Crippen molar-refractivity contribution in [2.24, 2.45) is 4.99 Å². The summed E-state index contributed by atoms with van der Waals surface area (Å²) in [6, 6.07) is 8.27. The van der Waals surface area contributed by atoms with Crippen LogP contribution in [0.4, 0.5) is 0 Å². The molecule has 2 N–H and O–H groups in total. The molecule has 1 atom stereocenters. The number of nitrogens with one attached hydrogen (secondary N) is 2. The van der Waals surface area contributed by atoms with Gasteiger partial charge in [-0.1, -0.05) is 23.7 Å². The molecule has 1 aromatic heterocycles. The first-order valence-electron chi connectivity index (χ1n) is 10.2. The van der Waals surface area contributed by atoms with E-state index >= 15 is 0 Å². The van der Waals surface area contributed by atoms with Crippen molar-refractivity contribution in [3.8, 4) is 0 Å². The fourth-order valence-electron chi connectivity index (χ4n) is 3.39. The number of nitrogens with zero attached hydrogens (tertiary/aromatic N) is 3. The third-order valence-corrected chi connectivity index (χ3v) is 5.88. The topological polar surface area (TPSA) is 61.8 Å². The summed E-state index contributed by atoms with van der Waals surface area (Å²) in [7, 11) is 0. The number of aliphatic imine (C=N–C) groups is 1. The molecule has 1 unspecified atom stereocenters. The van der Waals surface area contributed by atoms with E-state index in [9.17, 15) is 0 Å². The van der Waals surface area contributed by atoms with E-state index in [1.807, 2.05) is 25.1 Å². The van der Waals surface area contributed by atoms with Gasteiger partial charge in [-0.2, -0.15) is 0 Å². The molecule has 166 valence electrons. The quantitative estimate of drug-likeness (QED) is 0.290. The Hall–Kier alpha value is -0.940. The van der Waals surface area contributed by atoms with Crippen LogP contribution < -0.4 is 10.6 Å². The normalized spacial score (nSPS) is 16.0. The third kappa shape index (κ3) is 7.96. The molecule has 6 nitrogen and oxygen atoms in total. The number of aromatic nitrogens is 1. The Morgan fingerprint density at radius 3 is 2.80 bits per heavy atom. The number of guanidine groups is 1. The van der Waals surface area contributed by atoms with Crippen molar-refractivity contribution >= 4 is 52.9 Å². The lowest BCUT2D eigenvalue weighted by atomic mass is 10.0. The molecule has 1 saturated heterocycles. The average molecular weight is 564 g/mol. The van der Waals surface area contributed by atoms with Gasteiger partial charge in [0.2, 0.25) is 0 Å². The van der Waals surface area contributed by atoms with Gasteiger partial charge in [0.1, 0.15) is 0 Å². The zero-order valence-electron chi connectivity index (χ0n) is 17.6. The molecule has 2 aromatic rings. The van der Waals surface area contributed by atoms with E-state index in [-0.39, 0.29) is 30.0 Å². The number of rotatable bonds is 8. The number of thiazole rings is 1. The molecule has 1 aromatic carbocycles. The molecule has 0 bridgehead atoms. The van der Waals surface area contributed by atoms with Crippen LogP contribution in [0, 0.1) is 6.92 Å². The van der Waals surface area contributed by atoms with E-state index in [1.165, 1.54) is 5.56 Å². The first-order chi connectivity index (χ1) is 14.2. The Morgan fingerprint density at radius 2 is 2.13 bits per heavy atom. The van der Waals surface area contributed by atoms with Gasteiger partial charge in [-0.25, -0.2) is 4.98 Å². The average Bonchev–Trinajstić information content (AvgIpc) is 3.14. The molecule has 0 saturated carbocycles. The molecule has 3 rings (SSSR count). The summed E-state index contributed by atoms with van der Waals surface area (Å²) in [4.78, 5) is 11.8. The minimum absolute atomic E-state index is 0. The summed E-state index contributed by atoms with van der Waals surface area (Å²) in [5.74, 6) is 0.833. The van der Waals surface area contributed by atoms with Crippen molar-refractivity contribution in [3.63, 3.8) is 0 Å². The van der Waals surface area contributed by atoms with Gasteiger partial charge in [-0.3, -0.25) is 9.89 Å². The van der Waals surface area contributed by atoms with Crippen molar-refractivity contribution in [2.75, 3.05) is 45.9 Å². The molecule has 0 spiro atoms. The molecule has 1 aliphatic rings. The molecular weight excluding hydrogens is 533 g/mol. The Balaban J connectivity index is 0.00000320. The van der Waals surface area contributed by atoms with Gasteiger partial charge >= 0.3 is 0 Å². The zero-order valence-corrected chi connectivity index (χ0v) is 21.5. The summed E-state index contributed by atoms with van der Waals surface area (Å²) >= 11 is 7.95. The van der Waals surface area contributed by atoms with Gasteiger partial charge in [0.15, 0.2) is 5.96 Å². The molecule has 0 aliphatic carbocycles. The van der Waals surface area contributed by atoms with Crippen LogP contribution in [0.15, 0.2) is 34.6 Å². The van der Waals surface area contributed by atoms with Gasteiger partial charge in [-0.05, 0) is 31.5 Å². The van der Waals surface area contributed by atoms with Gasteiger partial charge in [0, 0.05) is 43.0 Å². The summed E-state index contributed by atoms with van der Waals surface area (Å²) in [5, 5.41) is 10.8. The highest BCUT2D eigenvalue weighted by atomic mass is 127. The van der Waals surface area contributed by atoms with Crippen LogP contribution in [-0.4, -0.2) is 61.8 Å². The van der Waals surface area contributed by atoms with Crippen LogP contribution in [-0.2, 0) is 11.2 Å². The minimum Gasteiger partial charge on any atom is -0.379 e. The summed E-state index contributed by atoms with van der Waals surface area (Å²) in [5.41, 5.74) is 2.32. The Labute approximate surface area is 205 Å². The van der Waals surface area contributed by atoms with Crippen molar-refractivity contribution in [1.82, 2.24) is 20.5 Å². The van der Waals surface area contributed by atoms with Crippen molar-refractivity contribution in [3.05, 3.63) is 50.9 Å². The van der Waals surface area contributed by atoms with E-state index in [4.69, 9.17) is 21.3 Å². The molecule has 2 heterocycles. The Kier molecular flexibility index (Phi) is 11.4. The van der Waals surface area contributed by atoms with E-state index < -0.39 is 0 Å². The lowest BCUT2D eigenvalue weighted by Gasteiger charge is -2.34. The highest BCUT2D eigenvalue weighted by Gasteiger charge is 2.22. The maximum atomic E-state index is 6.26. The van der Waals surface area contributed by atoms with Crippen LogP contribution in [0.5, 0.6) is 0 Å². The standard InChI is InChI=1S/C21H30ClN5OS.HI/c1-3-23-21(24-8-7-19-15-29-16(2)26-19)25-14-20(27-9-11-28-12-10-27)17-5-4-6-18(22)13-17;/h4-6,13,15,20H,3,7-12,14H2,1-2H3,(H2,23,24,25);1H. The molecule has 30 heavy (non-hydrogen) atoms. The van der Waals surface area contributed by atoms with Crippen LogP contribution >= 0.6 is 46.9 Å². The minimum atomic E-state index is 0. The fourth-order valence-corrected chi connectivity index (χ4v) is 4.23. The monoisotopic (exact) mass is 563 g/mol. The van der Waals surface area contributed by atoms with E-state index in [0.29, 0.717) is 6.54 Å². The van der Waals surface area contributed by atoms with Crippen LogP contribution in [0.25, 0.3) is 0 Å². The number of ether oxygens (including phenoxy) is 1. The van der Waals surface area contributed by atoms with Crippen LogP contribution in [0.2, 0.25) is 5.02 Å². The predicted molar refractivity (Wildman–Crippen MR) is 137 cm³/mol. The zero-order chi connectivity index (χ0) is 20.5. The highest BCUT2D eigenvalue weighted by Crippen LogP contribution is 2.24. The number of halogens is 2. The van der Waals surface area contributed by atoms with Crippen LogP contribution in [0.1, 0.15) is 29.2 Å². The van der Waals surface area contributed by atoms with Gasteiger partial charge in [0.05, 0.1) is 36.5 Å². The van der Waals surface area contributed by atoms with Crippen molar-refractivity contribution in [2.45, 2.75) is 26.3 Å². The van der Waals surface area contributed by atoms with Gasteiger partial charge in [-0.15, -0.1) is 35.3 Å². The molecule has 9 heteroatoms. The van der Waals surface area contributed by atoms with Gasteiger partial charge < -0.3 is 15.4 Å². The lowest BCUT2D eigenvalue weighted by Crippen LogP contribution is -2.42. The maximum Gasteiger partial charge on any atom is 0.191 e. The number of morpholine rings is 1. The number of hydrogen-bond acceptors (Lipinski definition) is 5. The second-order valence-corrected chi connectivity index (χ2v) is 8.47. The SMILES string of the molecule is CCNC(=NCC(c1cccc(Cl)c1)N1CCOCC1)NCCc1csc(C)n1.I. The largest absolute Gasteiger partial charge is 0.379 e. The molecule has 0 radical (unpaired) electrons. The smallest absolute Gasteiger partial charge is 0.191 e. The maximum absolute atomic E-state index is 6.26. The number of hydrogen-bond donors (Lipinski definition) is 2. The number of benzene rings is 1. The molecular formula is C21H31ClIN5OS. The summed E-state index contributed by atoms with van der Waals surface area (Å²) < 4.78 is 5.54. The van der Waals surface area contributed by atoms with Crippen molar-refractivity contribution < 1.29 is 4.74 Å². The predicted octanol–water partition coefficient (Wildman–Crippen LogP) is 3.89. The molecule has 1 aliphatic heterocycles. The second-order valence-electron chi connectivity index (χ2n) is 6.97. The van der Waals surface area contributed by atoms with Crippen molar-refractivity contribution in [1.29, 1.82) is 0 Å². The molecule has 0 amide bonds. The number of aryl methyl sites for hydroxylation is 1. The molecule has 1 fully saturated rings. The highest BCUT2D eigenvalue weighted by molar-refractivity contribution is 14.0. The van der Waals surface area contributed by atoms with E-state index in [0.717, 1.165) is 67.5 Å². The second kappa shape index (κ2) is 13.5. The first-order valence-corrected chi connectivity index (χ1v) is 11.4. The summed E-state index contributed by atoms with van der Waals surface area (Å²) in [6.07, 6.45) is 0.885. The summed E-state index contributed by atoms with van der Waals surface area (Å²) in [6.45, 7) is 9.71. The Morgan fingerprint density at radius 1 is 1.33 bits per heavy atom. The van der Waals surface area contributed by atoms with E-state index in [1.54, 1.807) is 11.3 Å².